The molecule has 2 fully saturated rings. The van der Waals surface area contributed by atoms with Crippen molar-refractivity contribution in [3.05, 3.63) is 97.1 Å². The summed E-state index contributed by atoms with van der Waals surface area (Å²) < 4.78 is 6.92. The molecule has 214 valence electrons. The third-order valence-corrected chi connectivity index (χ3v) is 14.2. The number of aliphatic hydroxyl groups is 1. The van der Waals surface area contributed by atoms with Gasteiger partial charge in [-0.25, -0.2) is 0 Å². The fraction of sp³-hybridized carbons (Fsp3) is 0.556. The van der Waals surface area contributed by atoms with Gasteiger partial charge in [-0.15, -0.1) is 13.2 Å². The van der Waals surface area contributed by atoms with Crippen LogP contribution < -0.4 is 0 Å². The number of hydrogen-bond donors (Lipinski definition) is 1. The average molecular weight is 547 g/mol. The molecule has 2 aliphatic rings. The third-order valence-electron chi connectivity index (χ3n) is 9.67. The minimum atomic E-state index is -1.75. The average Bonchev–Trinajstić information content (AvgIpc) is 2.90. The van der Waals surface area contributed by atoms with E-state index >= 15 is 0 Å². The smallest absolute Gasteiger partial charge is 0.192 e. The van der Waals surface area contributed by atoms with Gasteiger partial charge in [0.25, 0.3) is 0 Å². The monoisotopic (exact) mass is 546 g/mol. The predicted octanol–water partition coefficient (Wildman–Crippen LogP) is 10.3. The summed E-state index contributed by atoms with van der Waals surface area (Å²) in [6.45, 7) is 19.5. The fourth-order valence-corrected chi connectivity index (χ4v) is 7.87. The van der Waals surface area contributed by atoms with Gasteiger partial charge in [-0.1, -0.05) is 93.6 Å². The Morgan fingerprint density at radius 3 is 1.56 bits per heavy atom. The van der Waals surface area contributed by atoms with Gasteiger partial charge in [0, 0.05) is 0 Å². The molecule has 0 saturated heterocycles. The Morgan fingerprint density at radius 2 is 1.18 bits per heavy atom. The first-order chi connectivity index (χ1) is 18.4. The Hall–Kier alpha value is -1.94. The Bertz CT molecular complexity index is 1010. The summed E-state index contributed by atoms with van der Waals surface area (Å²) in [7, 11) is -1.75. The van der Waals surface area contributed by atoms with Crippen molar-refractivity contribution in [2.45, 2.75) is 126 Å². The van der Waals surface area contributed by atoms with Crippen LogP contribution >= 0.6 is 0 Å². The van der Waals surface area contributed by atoms with Gasteiger partial charge in [-0.3, -0.25) is 0 Å². The summed E-state index contributed by atoms with van der Waals surface area (Å²) in [4.78, 5) is 0. The summed E-state index contributed by atoms with van der Waals surface area (Å²) in [5.41, 5.74) is 2.46. The largest absolute Gasteiger partial charge is 0.411 e. The molecule has 0 heterocycles. The first kappa shape index (κ1) is 31.6. The van der Waals surface area contributed by atoms with Crippen LogP contribution in [0.3, 0.4) is 0 Å². The predicted molar refractivity (Wildman–Crippen MR) is 171 cm³/mol. The number of benzene rings is 2. The highest BCUT2D eigenvalue weighted by molar-refractivity contribution is 6.74. The molecule has 0 aliphatic heterocycles. The standard InChI is InChI=1S/C21H34OSi.C15H20O/c1-7-15-21(22-23(5,6)20(2,3)4)16-13-19(14-17-21)18-11-9-8-10-12-18;1-2-10-15(16)11-8-14(9-12-15)13-6-4-3-5-7-13/h7-12,19H,1,13-17H2,2-6H3;2-7,14,16H,1,8-12H2. The Kier molecular flexibility index (Phi) is 11.0. The highest BCUT2D eigenvalue weighted by Crippen LogP contribution is 2.47. The minimum absolute atomic E-state index is 0.0238. The van der Waals surface area contributed by atoms with E-state index in [9.17, 15) is 5.11 Å². The van der Waals surface area contributed by atoms with E-state index in [1.807, 2.05) is 6.08 Å². The van der Waals surface area contributed by atoms with E-state index in [0.29, 0.717) is 11.8 Å². The first-order valence-corrected chi connectivity index (χ1v) is 18.1. The van der Waals surface area contributed by atoms with Crippen molar-refractivity contribution in [2.24, 2.45) is 0 Å². The molecular formula is C36H54O2Si. The summed E-state index contributed by atoms with van der Waals surface area (Å²) in [6, 6.07) is 21.6. The normalized spacial score (nSPS) is 27.6. The second-order valence-corrected chi connectivity index (χ2v) is 18.3. The van der Waals surface area contributed by atoms with Gasteiger partial charge >= 0.3 is 0 Å². The van der Waals surface area contributed by atoms with Crippen LogP contribution in [-0.4, -0.2) is 24.6 Å². The van der Waals surface area contributed by atoms with Gasteiger partial charge in [-0.2, -0.15) is 0 Å². The van der Waals surface area contributed by atoms with Crippen LogP contribution in [0.4, 0.5) is 0 Å². The van der Waals surface area contributed by atoms with E-state index in [1.54, 1.807) is 0 Å². The van der Waals surface area contributed by atoms with Crippen LogP contribution in [0.5, 0.6) is 0 Å². The summed E-state index contributed by atoms with van der Waals surface area (Å²) in [5, 5.41) is 10.5. The lowest BCUT2D eigenvalue weighted by atomic mass is 9.75. The molecule has 0 bridgehead atoms. The maximum Gasteiger partial charge on any atom is 0.192 e. The highest BCUT2D eigenvalue weighted by atomic mass is 28.4. The van der Waals surface area contributed by atoms with Crippen molar-refractivity contribution in [2.75, 3.05) is 0 Å². The quantitative estimate of drug-likeness (QED) is 0.263. The van der Waals surface area contributed by atoms with Crippen molar-refractivity contribution in [1.82, 2.24) is 0 Å². The van der Waals surface area contributed by atoms with E-state index in [-0.39, 0.29) is 10.6 Å². The van der Waals surface area contributed by atoms with Gasteiger partial charge in [0.2, 0.25) is 0 Å². The molecular weight excluding hydrogens is 492 g/mol. The van der Waals surface area contributed by atoms with Crippen LogP contribution in [0, 0.1) is 0 Å². The molecule has 2 aromatic rings. The molecule has 0 unspecified atom stereocenters. The van der Waals surface area contributed by atoms with Crippen molar-refractivity contribution in [1.29, 1.82) is 0 Å². The van der Waals surface area contributed by atoms with Gasteiger partial charge in [0.05, 0.1) is 11.2 Å². The minimum Gasteiger partial charge on any atom is -0.411 e. The maximum absolute atomic E-state index is 10.3. The van der Waals surface area contributed by atoms with Crippen LogP contribution in [0.15, 0.2) is 86.0 Å². The lowest BCUT2D eigenvalue weighted by Gasteiger charge is -2.48. The molecule has 0 aromatic heterocycles. The highest BCUT2D eigenvalue weighted by Gasteiger charge is 2.45. The topological polar surface area (TPSA) is 29.5 Å². The van der Waals surface area contributed by atoms with Crippen molar-refractivity contribution >= 4 is 8.32 Å². The second kappa shape index (κ2) is 13.6. The SMILES string of the molecule is C=CCC1(O)CCC(c2ccccc2)CC1.C=CCC1(O[Si](C)(C)C(C)(C)C)CCC(c2ccccc2)CC1. The van der Waals surface area contributed by atoms with Crippen LogP contribution in [0.1, 0.15) is 108 Å². The molecule has 0 atom stereocenters. The van der Waals surface area contributed by atoms with E-state index in [0.717, 1.165) is 51.4 Å². The van der Waals surface area contributed by atoms with Gasteiger partial charge in [0.1, 0.15) is 0 Å². The Labute approximate surface area is 240 Å². The van der Waals surface area contributed by atoms with Crippen LogP contribution in [-0.2, 0) is 4.43 Å². The molecule has 2 saturated carbocycles. The molecule has 2 aliphatic carbocycles. The van der Waals surface area contributed by atoms with Gasteiger partial charge < -0.3 is 9.53 Å². The van der Waals surface area contributed by atoms with Crippen LogP contribution in [0.2, 0.25) is 18.1 Å². The zero-order valence-corrected chi connectivity index (χ0v) is 26.4. The molecule has 0 spiro atoms. The van der Waals surface area contributed by atoms with Crippen LogP contribution in [0.25, 0.3) is 0 Å². The molecule has 4 rings (SSSR count). The second-order valence-electron chi connectivity index (χ2n) is 13.6. The Morgan fingerprint density at radius 1 is 0.769 bits per heavy atom. The zero-order chi connectivity index (χ0) is 28.6. The molecule has 3 heteroatoms. The van der Waals surface area contributed by atoms with Gasteiger partial charge in [-0.05, 0) is 105 Å². The molecule has 2 nitrogen and oxygen atoms in total. The van der Waals surface area contributed by atoms with E-state index in [4.69, 9.17) is 4.43 Å². The fourth-order valence-electron chi connectivity index (χ4n) is 6.19. The molecule has 39 heavy (non-hydrogen) atoms. The molecule has 2 aromatic carbocycles. The maximum atomic E-state index is 10.3. The number of hydrogen-bond acceptors (Lipinski definition) is 2. The lowest BCUT2D eigenvalue weighted by Crippen LogP contribution is -2.50. The van der Waals surface area contributed by atoms with Crippen molar-refractivity contribution < 1.29 is 9.53 Å². The van der Waals surface area contributed by atoms with Crippen molar-refractivity contribution in [3.8, 4) is 0 Å². The number of rotatable bonds is 8. The molecule has 1 N–H and O–H groups in total. The third kappa shape index (κ3) is 8.77. The van der Waals surface area contributed by atoms with Crippen molar-refractivity contribution in [3.63, 3.8) is 0 Å². The first-order valence-electron chi connectivity index (χ1n) is 15.2. The van der Waals surface area contributed by atoms with E-state index in [2.05, 4.69) is 114 Å². The summed E-state index contributed by atoms with van der Waals surface area (Å²) >= 11 is 0. The molecule has 0 radical (unpaired) electrons. The van der Waals surface area contributed by atoms with E-state index < -0.39 is 13.9 Å². The summed E-state index contributed by atoms with van der Waals surface area (Å²) in [5.74, 6) is 1.32. The van der Waals surface area contributed by atoms with Gasteiger partial charge in [0.15, 0.2) is 8.32 Å². The Balaban J connectivity index is 0.000000230. The summed E-state index contributed by atoms with van der Waals surface area (Å²) in [6.07, 6.45) is 14.4. The zero-order valence-electron chi connectivity index (χ0n) is 25.4. The van der Waals surface area contributed by atoms with E-state index in [1.165, 1.54) is 24.0 Å². The lowest BCUT2D eigenvalue weighted by molar-refractivity contribution is 0.00201. The molecule has 0 amide bonds.